The van der Waals surface area contributed by atoms with Crippen molar-refractivity contribution in [1.82, 2.24) is 4.90 Å². The van der Waals surface area contributed by atoms with E-state index >= 15 is 0 Å². The lowest BCUT2D eigenvalue weighted by atomic mass is 10.0. The van der Waals surface area contributed by atoms with E-state index in [1.807, 2.05) is 0 Å². The van der Waals surface area contributed by atoms with Gasteiger partial charge >= 0.3 is 0 Å². The fourth-order valence-corrected chi connectivity index (χ4v) is 2.50. The van der Waals surface area contributed by atoms with Gasteiger partial charge in [0.05, 0.1) is 19.2 Å². The zero-order chi connectivity index (χ0) is 15.4. The van der Waals surface area contributed by atoms with Crippen LogP contribution in [0.1, 0.15) is 36.5 Å². The molecule has 1 fully saturated rings. The Morgan fingerprint density at radius 3 is 2.90 bits per heavy atom. The standard InChI is InChI=1S/C16H20FNO3/c1-11-3-6-16(20)18(8-7-11)10-14(19)13-9-12(17)4-5-15(13)21-2/h4-5,9,11H,3,6-8,10H2,1-2H3. The number of carbonyl (C=O) groups excluding carboxylic acids is 2. The van der Waals surface area contributed by atoms with Crippen LogP contribution in [0, 0.1) is 11.7 Å². The zero-order valence-corrected chi connectivity index (χ0v) is 12.4. The number of methoxy groups -OCH3 is 1. The number of benzene rings is 1. The summed E-state index contributed by atoms with van der Waals surface area (Å²) >= 11 is 0. The summed E-state index contributed by atoms with van der Waals surface area (Å²) in [5, 5.41) is 0. The van der Waals surface area contributed by atoms with Crippen LogP contribution in [0.5, 0.6) is 5.75 Å². The average molecular weight is 293 g/mol. The average Bonchev–Trinajstić information content (AvgIpc) is 2.62. The Bertz CT molecular complexity index is 544. The molecule has 5 heteroatoms. The van der Waals surface area contributed by atoms with Gasteiger partial charge in [-0.05, 0) is 37.0 Å². The van der Waals surface area contributed by atoms with E-state index in [-0.39, 0.29) is 23.8 Å². The van der Waals surface area contributed by atoms with Gasteiger partial charge in [0.15, 0.2) is 5.78 Å². The van der Waals surface area contributed by atoms with Crippen molar-refractivity contribution < 1.29 is 18.7 Å². The molecule has 1 aliphatic heterocycles. The van der Waals surface area contributed by atoms with E-state index in [1.165, 1.54) is 19.2 Å². The predicted octanol–water partition coefficient (Wildman–Crippen LogP) is 2.67. The van der Waals surface area contributed by atoms with Crippen LogP contribution in [0.2, 0.25) is 0 Å². The van der Waals surface area contributed by atoms with Gasteiger partial charge in [-0.15, -0.1) is 0 Å². The first kappa shape index (κ1) is 15.5. The molecular formula is C16H20FNO3. The Morgan fingerprint density at radius 1 is 1.43 bits per heavy atom. The molecule has 0 radical (unpaired) electrons. The minimum atomic E-state index is -0.491. The minimum Gasteiger partial charge on any atom is -0.496 e. The van der Waals surface area contributed by atoms with Crippen LogP contribution < -0.4 is 4.74 Å². The number of carbonyl (C=O) groups is 2. The number of nitrogens with zero attached hydrogens (tertiary/aromatic N) is 1. The van der Waals surface area contributed by atoms with E-state index in [2.05, 4.69) is 6.92 Å². The van der Waals surface area contributed by atoms with Gasteiger partial charge in [0.25, 0.3) is 0 Å². The van der Waals surface area contributed by atoms with Gasteiger partial charge in [0.2, 0.25) is 5.91 Å². The molecule has 0 saturated carbocycles. The van der Waals surface area contributed by atoms with Gasteiger partial charge < -0.3 is 9.64 Å². The number of ether oxygens (including phenoxy) is 1. The molecule has 1 unspecified atom stereocenters. The molecule has 1 atom stereocenters. The fraction of sp³-hybridized carbons (Fsp3) is 0.500. The van der Waals surface area contributed by atoms with Crippen molar-refractivity contribution in [2.45, 2.75) is 26.2 Å². The molecule has 1 aromatic rings. The molecule has 1 heterocycles. The van der Waals surface area contributed by atoms with Crippen molar-refractivity contribution in [3.63, 3.8) is 0 Å². The van der Waals surface area contributed by atoms with Crippen molar-refractivity contribution >= 4 is 11.7 Å². The summed E-state index contributed by atoms with van der Waals surface area (Å²) < 4.78 is 18.4. The Balaban J connectivity index is 2.13. The number of amides is 1. The topological polar surface area (TPSA) is 46.6 Å². The molecule has 1 saturated heterocycles. The number of hydrogen-bond donors (Lipinski definition) is 0. The predicted molar refractivity (Wildman–Crippen MR) is 76.9 cm³/mol. The number of rotatable bonds is 4. The summed E-state index contributed by atoms with van der Waals surface area (Å²) in [4.78, 5) is 25.9. The van der Waals surface area contributed by atoms with Gasteiger partial charge in [-0.1, -0.05) is 6.92 Å². The van der Waals surface area contributed by atoms with Crippen LogP contribution in [0.25, 0.3) is 0 Å². The van der Waals surface area contributed by atoms with Crippen molar-refractivity contribution in [2.75, 3.05) is 20.2 Å². The van der Waals surface area contributed by atoms with E-state index in [9.17, 15) is 14.0 Å². The first-order valence-electron chi connectivity index (χ1n) is 7.15. The maximum absolute atomic E-state index is 13.3. The molecule has 0 aromatic heterocycles. The molecule has 0 N–H and O–H groups in total. The molecule has 1 aromatic carbocycles. The first-order chi connectivity index (χ1) is 10.0. The number of halogens is 1. The van der Waals surface area contributed by atoms with Gasteiger partial charge in [-0.2, -0.15) is 0 Å². The molecule has 2 rings (SSSR count). The third-order valence-electron chi connectivity index (χ3n) is 3.89. The third kappa shape index (κ3) is 3.80. The highest BCUT2D eigenvalue weighted by Crippen LogP contribution is 2.22. The molecule has 21 heavy (non-hydrogen) atoms. The molecule has 1 aliphatic rings. The number of ketones is 1. The summed E-state index contributed by atoms with van der Waals surface area (Å²) in [5.74, 6) is 0.0158. The summed E-state index contributed by atoms with van der Waals surface area (Å²) in [5.41, 5.74) is 0.183. The van der Waals surface area contributed by atoms with E-state index in [0.29, 0.717) is 24.6 Å². The summed E-state index contributed by atoms with van der Waals surface area (Å²) in [6, 6.07) is 3.83. The highest BCUT2D eigenvalue weighted by molar-refractivity contribution is 6.01. The summed E-state index contributed by atoms with van der Waals surface area (Å²) in [6.45, 7) is 2.66. The Morgan fingerprint density at radius 2 is 2.19 bits per heavy atom. The van der Waals surface area contributed by atoms with Crippen LogP contribution in [0.4, 0.5) is 4.39 Å². The van der Waals surface area contributed by atoms with Crippen molar-refractivity contribution in [3.8, 4) is 5.75 Å². The van der Waals surface area contributed by atoms with Crippen LogP contribution in [0.15, 0.2) is 18.2 Å². The second-order valence-electron chi connectivity index (χ2n) is 5.52. The monoisotopic (exact) mass is 293 g/mol. The lowest BCUT2D eigenvalue weighted by Gasteiger charge is -2.20. The largest absolute Gasteiger partial charge is 0.496 e. The molecule has 1 amide bonds. The van der Waals surface area contributed by atoms with E-state index in [0.717, 1.165) is 18.9 Å². The van der Waals surface area contributed by atoms with Gasteiger partial charge in [-0.3, -0.25) is 9.59 Å². The highest BCUT2D eigenvalue weighted by Gasteiger charge is 2.24. The highest BCUT2D eigenvalue weighted by atomic mass is 19.1. The lowest BCUT2D eigenvalue weighted by molar-refractivity contribution is -0.130. The molecule has 0 spiro atoms. The number of likely N-dealkylation sites (tertiary alicyclic amines) is 1. The quantitative estimate of drug-likeness (QED) is 0.802. The Kier molecular flexibility index (Phi) is 4.94. The van der Waals surface area contributed by atoms with E-state index < -0.39 is 5.82 Å². The van der Waals surface area contributed by atoms with E-state index in [4.69, 9.17) is 4.74 Å². The van der Waals surface area contributed by atoms with Crippen molar-refractivity contribution in [3.05, 3.63) is 29.6 Å². The van der Waals surface area contributed by atoms with Crippen molar-refractivity contribution in [1.29, 1.82) is 0 Å². The van der Waals surface area contributed by atoms with Crippen molar-refractivity contribution in [2.24, 2.45) is 5.92 Å². The van der Waals surface area contributed by atoms with Gasteiger partial charge in [-0.25, -0.2) is 4.39 Å². The number of hydrogen-bond acceptors (Lipinski definition) is 3. The normalized spacial score (nSPS) is 19.3. The maximum atomic E-state index is 13.3. The van der Waals surface area contributed by atoms with E-state index in [1.54, 1.807) is 4.90 Å². The summed E-state index contributed by atoms with van der Waals surface area (Å²) in [7, 11) is 1.43. The summed E-state index contributed by atoms with van der Waals surface area (Å²) in [6.07, 6.45) is 2.21. The van der Waals surface area contributed by atoms with Crippen LogP contribution in [-0.4, -0.2) is 36.8 Å². The van der Waals surface area contributed by atoms with Gasteiger partial charge in [0, 0.05) is 13.0 Å². The van der Waals surface area contributed by atoms with Gasteiger partial charge in [0.1, 0.15) is 11.6 Å². The smallest absolute Gasteiger partial charge is 0.222 e. The fourth-order valence-electron chi connectivity index (χ4n) is 2.50. The second kappa shape index (κ2) is 6.70. The zero-order valence-electron chi connectivity index (χ0n) is 12.4. The number of Topliss-reactive ketones (excluding diaryl/α,β-unsaturated/α-hetero) is 1. The van der Waals surface area contributed by atoms with Crippen LogP contribution in [-0.2, 0) is 4.79 Å². The minimum absolute atomic E-state index is 0.0110. The molecular weight excluding hydrogens is 273 g/mol. The Hall–Kier alpha value is -1.91. The first-order valence-corrected chi connectivity index (χ1v) is 7.15. The Labute approximate surface area is 123 Å². The van der Waals surface area contributed by atoms with Crippen LogP contribution in [0.3, 0.4) is 0 Å². The molecule has 0 bridgehead atoms. The SMILES string of the molecule is COc1ccc(F)cc1C(=O)CN1CCC(C)CCC1=O. The maximum Gasteiger partial charge on any atom is 0.222 e. The molecule has 114 valence electrons. The molecule has 4 nitrogen and oxygen atoms in total. The third-order valence-corrected chi connectivity index (χ3v) is 3.89. The second-order valence-corrected chi connectivity index (χ2v) is 5.52. The van der Waals surface area contributed by atoms with Crippen LogP contribution >= 0.6 is 0 Å². The molecule has 0 aliphatic carbocycles. The lowest BCUT2D eigenvalue weighted by Crippen LogP contribution is -2.35.